The fraction of sp³-hybridized carbons (Fsp3) is 0.185. The number of amides is 3. The molecule has 0 unspecified atom stereocenters. The molecule has 0 aromatic heterocycles. The second kappa shape index (κ2) is 11.0. The Hall–Kier alpha value is -3.29. The summed E-state index contributed by atoms with van der Waals surface area (Å²) in [7, 11) is 0. The third-order valence-corrected chi connectivity index (χ3v) is 6.17. The summed E-state index contributed by atoms with van der Waals surface area (Å²) < 4.78 is 12.7. The molecule has 0 aliphatic carbocycles. The van der Waals surface area contributed by atoms with Gasteiger partial charge in [-0.25, -0.2) is 4.79 Å². The minimum Gasteiger partial charge on any atom is -0.490 e. The number of aryl methyl sites for hydroxylation is 1. The van der Waals surface area contributed by atoms with Crippen molar-refractivity contribution in [3.63, 3.8) is 0 Å². The van der Waals surface area contributed by atoms with Gasteiger partial charge in [0, 0.05) is 4.47 Å². The summed E-state index contributed by atoms with van der Waals surface area (Å²) in [5.74, 6) is 0.471. The standard InChI is InChI=1S/C27H24BrClN2O4/c1-3-34-24-14-20(12-22(29)25(24)35-16-19-8-10-21(28)11-9-19)13-23-26(32)31(27(33)30-23)15-18-6-4-17(2)5-7-18/h4-14H,3,15-16H2,1-2H3,(H,30,33)/b23-13+. The average Bonchev–Trinajstić information content (AvgIpc) is 3.08. The van der Waals surface area contributed by atoms with E-state index in [0.29, 0.717) is 35.3 Å². The third-order valence-electron chi connectivity index (χ3n) is 5.36. The molecule has 1 saturated heterocycles. The number of carbonyl (C=O) groups is 2. The van der Waals surface area contributed by atoms with Gasteiger partial charge in [0.2, 0.25) is 0 Å². The van der Waals surface area contributed by atoms with E-state index in [-0.39, 0.29) is 12.2 Å². The molecule has 3 aromatic rings. The zero-order chi connectivity index (χ0) is 24.9. The number of hydrogen-bond acceptors (Lipinski definition) is 4. The minimum atomic E-state index is -0.465. The van der Waals surface area contributed by atoms with Gasteiger partial charge in [0.15, 0.2) is 11.5 Å². The summed E-state index contributed by atoms with van der Waals surface area (Å²) in [6, 6.07) is 18.4. The van der Waals surface area contributed by atoms with Crippen LogP contribution in [0.25, 0.3) is 6.08 Å². The van der Waals surface area contributed by atoms with Crippen LogP contribution in [0.15, 0.2) is 70.8 Å². The molecular weight excluding hydrogens is 532 g/mol. The van der Waals surface area contributed by atoms with Crippen LogP contribution < -0.4 is 14.8 Å². The van der Waals surface area contributed by atoms with E-state index in [2.05, 4.69) is 21.2 Å². The molecule has 0 bridgehead atoms. The predicted octanol–water partition coefficient (Wildman–Crippen LogP) is 6.48. The number of nitrogens with zero attached hydrogens (tertiary/aromatic N) is 1. The lowest BCUT2D eigenvalue weighted by atomic mass is 10.1. The van der Waals surface area contributed by atoms with Crippen LogP contribution in [0.3, 0.4) is 0 Å². The smallest absolute Gasteiger partial charge is 0.329 e. The maximum Gasteiger partial charge on any atom is 0.329 e. The monoisotopic (exact) mass is 554 g/mol. The molecular formula is C27H24BrClN2O4. The normalized spacial score (nSPS) is 14.4. The topological polar surface area (TPSA) is 67.9 Å². The van der Waals surface area contributed by atoms with Gasteiger partial charge in [-0.2, -0.15) is 0 Å². The first-order valence-corrected chi connectivity index (χ1v) is 12.2. The van der Waals surface area contributed by atoms with Crippen LogP contribution in [0.5, 0.6) is 11.5 Å². The van der Waals surface area contributed by atoms with Gasteiger partial charge < -0.3 is 14.8 Å². The summed E-state index contributed by atoms with van der Waals surface area (Å²) in [5, 5.41) is 2.99. The van der Waals surface area contributed by atoms with E-state index in [1.165, 1.54) is 4.90 Å². The number of nitrogens with one attached hydrogen (secondary N) is 1. The zero-order valence-corrected chi connectivity index (χ0v) is 21.7. The van der Waals surface area contributed by atoms with Crippen molar-refractivity contribution in [1.29, 1.82) is 0 Å². The molecule has 3 aromatic carbocycles. The van der Waals surface area contributed by atoms with Gasteiger partial charge in [-0.3, -0.25) is 9.69 Å². The molecule has 180 valence electrons. The van der Waals surface area contributed by atoms with Crippen LogP contribution in [0.4, 0.5) is 4.79 Å². The number of ether oxygens (including phenoxy) is 2. The molecule has 1 N–H and O–H groups in total. The molecule has 35 heavy (non-hydrogen) atoms. The van der Waals surface area contributed by atoms with Crippen molar-refractivity contribution < 1.29 is 19.1 Å². The van der Waals surface area contributed by atoms with Crippen molar-refractivity contribution in [2.45, 2.75) is 27.0 Å². The Bertz CT molecular complexity index is 1270. The second-order valence-electron chi connectivity index (χ2n) is 8.04. The van der Waals surface area contributed by atoms with Crippen molar-refractivity contribution in [2.24, 2.45) is 0 Å². The minimum absolute atomic E-state index is 0.171. The molecule has 0 spiro atoms. The third kappa shape index (κ3) is 6.05. The Kier molecular flexibility index (Phi) is 7.78. The van der Waals surface area contributed by atoms with Gasteiger partial charge in [-0.05, 0) is 60.9 Å². The van der Waals surface area contributed by atoms with Crippen LogP contribution >= 0.6 is 27.5 Å². The molecule has 1 heterocycles. The molecule has 6 nitrogen and oxygen atoms in total. The molecule has 3 amide bonds. The quantitative estimate of drug-likeness (QED) is 0.255. The number of urea groups is 1. The van der Waals surface area contributed by atoms with Crippen LogP contribution in [0.1, 0.15) is 29.2 Å². The Morgan fingerprint density at radius 3 is 2.37 bits per heavy atom. The Morgan fingerprint density at radius 1 is 1.00 bits per heavy atom. The number of benzene rings is 3. The van der Waals surface area contributed by atoms with Crippen molar-refractivity contribution in [3.05, 3.63) is 98.1 Å². The number of hydrogen-bond donors (Lipinski definition) is 1. The maximum absolute atomic E-state index is 12.9. The largest absolute Gasteiger partial charge is 0.490 e. The molecule has 8 heteroatoms. The van der Waals surface area contributed by atoms with Crippen molar-refractivity contribution in [1.82, 2.24) is 10.2 Å². The van der Waals surface area contributed by atoms with Crippen molar-refractivity contribution in [2.75, 3.05) is 6.61 Å². The SMILES string of the molecule is CCOc1cc(/C=C2/NC(=O)N(Cc3ccc(C)cc3)C2=O)cc(Cl)c1OCc1ccc(Br)cc1. The second-order valence-corrected chi connectivity index (χ2v) is 9.37. The molecule has 4 rings (SSSR count). The first kappa shape index (κ1) is 24.8. The van der Waals surface area contributed by atoms with Gasteiger partial charge in [-0.1, -0.05) is 69.5 Å². The number of rotatable bonds is 8. The maximum atomic E-state index is 12.9. The molecule has 1 aliphatic heterocycles. The molecule has 0 radical (unpaired) electrons. The van der Waals surface area contributed by atoms with Gasteiger partial charge in [-0.15, -0.1) is 0 Å². The summed E-state index contributed by atoms with van der Waals surface area (Å²) in [6.07, 6.45) is 1.59. The van der Waals surface area contributed by atoms with E-state index >= 15 is 0 Å². The summed E-state index contributed by atoms with van der Waals surface area (Å²) in [5.41, 5.74) is 3.73. The Labute approximate surface area is 217 Å². The fourth-order valence-electron chi connectivity index (χ4n) is 3.57. The highest BCUT2D eigenvalue weighted by Gasteiger charge is 2.33. The highest BCUT2D eigenvalue weighted by molar-refractivity contribution is 9.10. The van der Waals surface area contributed by atoms with Crippen LogP contribution in [0.2, 0.25) is 5.02 Å². The van der Waals surface area contributed by atoms with E-state index in [4.69, 9.17) is 21.1 Å². The molecule has 1 fully saturated rings. The van der Waals surface area contributed by atoms with Gasteiger partial charge in [0.25, 0.3) is 5.91 Å². The lowest BCUT2D eigenvalue weighted by Gasteiger charge is -2.15. The highest BCUT2D eigenvalue weighted by Crippen LogP contribution is 2.38. The first-order valence-electron chi connectivity index (χ1n) is 11.1. The Morgan fingerprint density at radius 2 is 1.69 bits per heavy atom. The van der Waals surface area contributed by atoms with Gasteiger partial charge >= 0.3 is 6.03 Å². The number of imide groups is 1. The van der Waals surface area contributed by atoms with Crippen LogP contribution in [0, 0.1) is 6.92 Å². The van der Waals surface area contributed by atoms with E-state index in [9.17, 15) is 9.59 Å². The highest BCUT2D eigenvalue weighted by atomic mass is 79.9. The van der Waals surface area contributed by atoms with E-state index < -0.39 is 11.9 Å². The van der Waals surface area contributed by atoms with Gasteiger partial charge in [0.1, 0.15) is 12.3 Å². The Balaban J connectivity index is 1.54. The molecule has 1 aliphatic rings. The predicted molar refractivity (Wildman–Crippen MR) is 139 cm³/mol. The fourth-order valence-corrected chi connectivity index (χ4v) is 4.11. The number of carbonyl (C=O) groups excluding carboxylic acids is 2. The van der Waals surface area contributed by atoms with Crippen molar-refractivity contribution in [3.8, 4) is 11.5 Å². The van der Waals surface area contributed by atoms with Crippen LogP contribution in [-0.4, -0.2) is 23.4 Å². The first-order chi connectivity index (χ1) is 16.8. The van der Waals surface area contributed by atoms with E-state index in [1.54, 1.807) is 18.2 Å². The summed E-state index contributed by atoms with van der Waals surface area (Å²) in [6.45, 7) is 4.76. The van der Waals surface area contributed by atoms with Gasteiger partial charge in [0.05, 0.1) is 18.2 Å². The zero-order valence-electron chi connectivity index (χ0n) is 19.3. The molecule has 0 atom stereocenters. The lowest BCUT2D eigenvalue weighted by Crippen LogP contribution is -2.30. The van der Waals surface area contributed by atoms with E-state index in [1.807, 2.05) is 62.4 Å². The molecule has 0 saturated carbocycles. The average molecular weight is 556 g/mol. The van der Waals surface area contributed by atoms with Crippen LogP contribution in [-0.2, 0) is 17.9 Å². The number of halogens is 2. The summed E-state index contributed by atoms with van der Waals surface area (Å²) in [4.78, 5) is 26.6. The summed E-state index contributed by atoms with van der Waals surface area (Å²) >= 11 is 9.96. The lowest BCUT2D eigenvalue weighted by molar-refractivity contribution is -0.123. The van der Waals surface area contributed by atoms with E-state index in [0.717, 1.165) is 21.2 Å². The van der Waals surface area contributed by atoms with Crippen molar-refractivity contribution >= 4 is 45.5 Å².